The van der Waals surface area contributed by atoms with E-state index >= 15 is 0 Å². The lowest BCUT2D eigenvalue weighted by Gasteiger charge is -2.20. The summed E-state index contributed by atoms with van der Waals surface area (Å²) in [5, 5.41) is 9.84. The Balaban J connectivity index is 1.84. The summed E-state index contributed by atoms with van der Waals surface area (Å²) in [4.78, 5) is 14.2. The van der Waals surface area contributed by atoms with Crippen molar-refractivity contribution in [3.05, 3.63) is 89.4 Å². The molecule has 3 aromatic carbocycles. The van der Waals surface area contributed by atoms with Crippen LogP contribution in [0.4, 0.5) is 18.0 Å². The summed E-state index contributed by atoms with van der Waals surface area (Å²) in [6.45, 7) is 4.50. The van der Waals surface area contributed by atoms with Crippen molar-refractivity contribution < 1.29 is 22.7 Å². The molecular weight excluding hydrogens is 455 g/mol. The van der Waals surface area contributed by atoms with Crippen LogP contribution < -0.4 is 4.74 Å². The average molecular weight is 477 g/mol. The van der Waals surface area contributed by atoms with Crippen LogP contribution in [0.2, 0.25) is 0 Å². The Bertz CT molecular complexity index is 1410. The quantitative estimate of drug-likeness (QED) is 0.319. The molecule has 0 N–H and O–H groups in total. The fourth-order valence-electron chi connectivity index (χ4n) is 4.02. The number of amides is 1. The maximum Gasteiger partial charge on any atom is 0.415 e. The van der Waals surface area contributed by atoms with Gasteiger partial charge in [-0.05, 0) is 49.7 Å². The Morgan fingerprint density at radius 1 is 1.00 bits per heavy atom. The molecule has 0 bridgehead atoms. The minimum Gasteiger partial charge on any atom is -0.410 e. The van der Waals surface area contributed by atoms with Crippen LogP contribution in [0.5, 0.6) is 5.75 Å². The van der Waals surface area contributed by atoms with E-state index in [1.165, 1.54) is 4.90 Å². The molecule has 0 aliphatic heterocycles. The number of carbonyl (C=O) groups is 1. The Hall–Kier alpha value is -4.25. The molecule has 0 atom stereocenters. The number of ether oxygens (including phenoxy) is 1. The molecule has 1 heterocycles. The van der Waals surface area contributed by atoms with E-state index < -0.39 is 23.5 Å². The molecule has 8 heteroatoms. The van der Waals surface area contributed by atoms with Crippen LogP contribution in [0.3, 0.4) is 0 Å². The predicted octanol–water partition coefficient (Wildman–Crippen LogP) is 6.49. The molecule has 0 radical (unpaired) electrons. The molecule has 0 unspecified atom stereocenters. The lowest BCUT2D eigenvalue weighted by atomic mass is 9.99. The van der Waals surface area contributed by atoms with E-state index in [2.05, 4.69) is 6.07 Å². The van der Waals surface area contributed by atoms with Crippen molar-refractivity contribution in [1.29, 1.82) is 5.26 Å². The number of fused-ring (bicyclic) bond motifs is 1. The average Bonchev–Trinajstić information content (AvgIpc) is 3.25. The predicted molar refractivity (Wildman–Crippen MR) is 126 cm³/mol. The molecule has 1 aromatic heterocycles. The van der Waals surface area contributed by atoms with Gasteiger partial charge in [-0.2, -0.15) is 5.26 Å². The van der Waals surface area contributed by atoms with E-state index in [9.17, 15) is 18.0 Å². The van der Waals surface area contributed by atoms with E-state index in [1.54, 1.807) is 53.2 Å². The highest BCUT2D eigenvalue weighted by Gasteiger charge is 2.20. The van der Waals surface area contributed by atoms with E-state index in [-0.39, 0.29) is 12.1 Å². The summed E-state index contributed by atoms with van der Waals surface area (Å²) in [6.07, 6.45) is 1.16. The fourth-order valence-corrected chi connectivity index (χ4v) is 4.02. The highest BCUT2D eigenvalue weighted by molar-refractivity contribution is 5.99. The van der Waals surface area contributed by atoms with Crippen LogP contribution in [0.1, 0.15) is 25.0 Å². The van der Waals surface area contributed by atoms with Crippen molar-refractivity contribution in [3.8, 4) is 22.9 Å². The Kier molecular flexibility index (Phi) is 6.78. The first-order chi connectivity index (χ1) is 16.9. The van der Waals surface area contributed by atoms with Crippen LogP contribution in [-0.2, 0) is 6.54 Å². The van der Waals surface area contributed by atoms with E-state index in [4.69, 9.17) is 10.00 Å². The molecule has 5 nitrogen and oxygen atoms in total. The maximum atomic E-state index is 14.3. The Morgan fingerprint density at radius 3 is 2.26 bits per heavy atom. The topological polar surface area (TPSA) is 58.3 Å². The van der Waals surface area contributed by atoms with Gasteiger partial charge >= 0.3 is 6.09 Å². The largest absolute Gasteiger partial charge is 0.415 e. The first-order valence-electron chi connectivity index (χ1n) is 11.1. The van der Waals surface area contributed by atoms with Gasteiger partial charge in [-0.25, -0.2) is 18.0 Å². The highest BCUT2D eigenvalue weighted by Crippen LogP contribution is 2.38. The van der Waals surface area contributed by atoms with Gasteiger partial charge in [-0.1, -0.05) is 12.1 Å². The zero-order valence-electron chi connectivity index (χ0n) is 19.2. The van der Waals surface area contributed by atoms with Crippen LogP contribution in [-0.4, -0.2) is 28.6 Å². The fraction of sp³-hybridized carbons (Fsp3) is 0.185. The molecule has 0 saturated carbocycles. The molecular formula is C27H22F3N3O2. The Labute approximate surface area is 200 Å². The second kappa shape index (κ2) is 9.94. The number of hydrogen-bond donors (Lipinski definition) is 0. The minimum atomic E-state index is -0.983. The van der Waals surface area contributed by atoms with Crippen molar-refractivity contribution in [3.63, 3.8) is 0 Å². The van der Waals surface area contributed by atoms with Gasteiger partial charge in [-0.3, -0.25) is 0 Å². The third-order valence-corrected chi connectivity index (χ3v) is 5.87. The number of nitriles is 1. The zero-order valence-corrected chi connectivity index (χ0v) is 19.2. The van der Waals surface area contributed by atoms with Gasteiger partial charge in [0.15, 0.2) is 0 Å². The standard InChI is InChI=1S/C27H22F3N3O2/c1-3-32(4-2)27(34)35-25-10-9-24-20(26(25)18-7-5-17(15-31)6-8-18)11-12-33(24)16-21-22(29)13-19(28)14-23(21)30/h5-14H,3-4,16H2,1-2H3. The summed E-state index contributed by atoms with van der Waals surface area (Å²) >= 11 is 0. The maximum absolute atomic E-state index is 14.3. The first-order valence-corrected chi connectivity index (χ1v) is 11.1. The third kappa shape index (κ3) is 4.71. The van der Waals surface area contributed by atoms with Crippen molar-refractivity contribution in [2.24, 2.45) is 0 Å². The minimum absolute atomic E-state index is 0.160. The number of nitrogens with zero attached hydrogens (tertiary/aromatic N) is 3. The molecule has 0 spiro atoms. The van der Waals surface area contributed by atoms with Crippen LogP contribution >= 0.6 is 0 Å². The third-order valence-electron chi connectivity index (χ3n) is 5.87. The van der Waals surface area contributed by atoms with E-state index in [0.717, 1.165) is 0 Å². The molecule has 0 fully saturated rings. The van der Waals surface area contributed by atoms with Gasteiger partial charge in [-0.15, -0.1) is 0 Å². The highest BCUT2D eigenvalue weighted by atomic mass is 19.1. The molecule has 0 saturated heterocycles. The zero-order chi connectivity index (χ0) is 25.1. The van der Waals surface area contributed by atoms with Gasteiger partial charge in [0.1, 0.15) is 23.2 Å². The van der Waals surface area contributed by atoms with Gasteiger partial charge in [0.25, 0.3) is 0 Å². The summed E-state index contributed by atoms with van der Waals surface area (Å²) in [6, 6.07) is 15.3. The number of benzene rings is 3. The van der Waals surface area contributed by atoms with Gasteiger partial charge in [0.2, 0.25) is 0 Å². The summed E-state index contributed by atoms with van der Waals surface area (Å²) in [7, 11) is 0. The SMILES string of the molecule is CCN(CC)C(=O)Oc1ccc2c(ccn2Cc2c(F)cc(F)cc2F)c1-c1ccc(C#N)cc1. The number of aromatic nitrogens is 1. The molecule has 0 aliphatic rings. The number of halogens is 3. The van der Waals surface area contributed by atoms with E-state index in [0.29, 0.717) is 58.6 Å². The normalized spacial score (nSPS) is 10.9. The number of carbonyl (C=O) groups excluding carboxylic acids is 1. The second-order valence-electron chi connectivity index (χ2n) is 7.89. The summed E-state index contributed by atoms with van der Waals surface area (Å²) in [5.41, 5.74) is 2.15. The van der Waals surface area contributed by atoms with Crippen molar-refractivity contribution in [1.82, 2.24) is 9.47 Å². The lowest BCUT2D eigenvalue weighted by molar-refractivity contribution is 0.157. The first kappa shape index (κ1) is 23.9. The van der Waals surface area contributed by atoms with Crippen molar-refractivity contribution in [2.75, 3.05) is 13.1 Å². The van der Waals surface area contributed by atoms with Crippen molar-refractivity contribution >= 4 is 17.0 Å². The van der Waals surface area contributed by atoms with E-state index in [1.807, 2.05) is 13.8 Å². The van der Waals surface area contributed by atoms with Crippen molar-refractivity contribution in [2.45, 2.75) is 20.4 Å². The Morgan fingerprint density at radius 2 is 1.66 bits per heavy atom. The van der Waals surface area contributed by atoms with Gasteiger partial charge in [0.05, 0.1) is 18.2 Å². The van der Waals surface area contributed by atoms with Gasteiger partial charge in [0, 0.05) is 53.4 Å². The number of rotatable bonds is 6. The molecule has 35 heavy (non-hydrogen) atoms. The van der Waals surface area contributed by atoms with Crippen LogP contribution in [0.25, 0.3) is 22.0 Å². The summed E-state index contributed by atoms with van der Waals surface area (Å²) < 4.78 is 49.3. The van der Waals surface area contributed by atoms with Crippen LogP contribution in [0, 0.1) is 28.8 Å². The smallest absolute Gasteiger partial charge is 0.410 e. The molecule has 4 rings (SSSR count). The van der Waals surface area contributed by atoms with Crippen LogP contribution in [0.15, 0.2) is 60.8 Å². The molecule has 4 aromatic rings. The second-order valence-corrected chi connectivity index (χ2v) is 7.89. The molecule has 1 amide bonds. The number of hydrogen-bond acceptors (Lipinski definition) is 3. The molecule has 178 valence electrons. The van der Waals surface area contributed by atoms with Gasteiger partial charge < -0.3 is 14.2 Å². The molecule has 0 aliphatic carbocycles. The summed E-state index contributed by atoms with van der Waals surface area (Å²) in [5.74, 6) is -2.61. The lowest BCUT2D eigenvalue weighted by Crippen LogP contribution is -2.33. The monoisotopic (exact) mass is 477 g/mol.